The Morgan fingerprint density at radius 2 is 1.78 bits per heavy atom. The number of aryl methyl sites for hydroxylation is 2. The van der Waals surface area contributed by atoms with Crippen molar-refractivity contribution in [2.24, 2.45) is 11.8 Å². The minimum atomic E-state index is -0.609. The van der Waals surface area contributed by atoms with Gasteiger partial charge in [0.05, 0.1) is 0 Å². The first-order valence-corrected chi connectivity index (χ1v) is 9.06. The van der Waals surface area contributed by atoms with Crippen LogP contribution in [0.4, 0.5) is 4.39 Å². The summed E-state index contributed by atoms with van der Waals surface area (Å²) in [7, 11) is 0. The van der Waals surface area contributed by atoms with Gasteiger partial charge in [-0.25, -0.2) is 0 Å². The Labute approximate surface area is 140 Å². The van der Waals surface area contributed by atoms with E-state index in [1.807, 2.05) is 0 Å². The van der Waals surface area contributed by atoms with Gasteiger partial charge < -0.3 is 0 Å². The molecule has 0 bridgehead atoms. The maximum Gasteiger partial charge on any atom is 0.196 e. The van der Waals surface area contributed by atoms with Crippen molar-refractivity contribution in [2.75, 3.05) is 0 Å². The minimum absolute atomic E-state index is 0.281. The number of rotatable bonds is 7. The molecule has 0 aromatic heterocycles. The van der Waals surface area contributed by atoms with Gasteiger partial charge in [0, 0.05) is 0 Å². The van der Waals surface area contributed by atoms with E-state index >= 15 is 0 Å². The van der Waals surface area contributed by atoms with E-state index in [0.29, 0.717) is 0 Å². The van der Waals surface area contributed by atoms with Gasteiger partial charge >= 0.3 is 0 Å². The molecule has 0 radical (unpaired) electrons. The molecule has 0 atom stereocenters. The highest BCUT2D eigenvalue weighted by Gasteiger charge is 2.20. The monoisotopic (exact) mass is 313 g/mol. The summed E-state index contributed by atoms with van der Waals surface area (Å²) in [6.45, 7) is 2.19. The van der Waals surface area contributed by atoms with Crippen molar-refractivity contribution in [3.63, 3.8) is 0 Å². The number of hydrogen-bond donors (Lipinski definition) is 0. The number of nitrogens with zero attached hydrogens (tertiary/aromatic N) is 1. The highest BCUT2D eigenvalue weighted by atomic mass is 19.1. The predicted molar refractivity (Wildman–Crippen MR) is 93.6 cm³/mol. The SMILES string of the molecule is CCc1ccc(CCCC[C@H]2CC[C@H](/C=C(/F)C#N)CC2)cc1. The minimum Gasteiger partial charge on any atom is -0.195 e. The average Bonchev–Trinajstić information content (AvgIpc) is 2.60. The third-order valence-electron chi connectivity index (χ3n) is 5.14. The van der Waals surface area contributed by atoms with Gasteiger partial charge in [0.15, 0.2) is 5.83 Å². The first-order chi connectivity index (χ1) is 11.2. The van der Waals surface area contributed by atoms with Gasteiger partial charge in [0.25, 0.3) is 0 Å². The second-order valence-electron chi connectivity index (χ2n) is 6.82. The summed E-state index contributed by atoms with van der Waals surface area (Å²) in [5, 5.41) is 8.49. The molecule has 2 rings (SSSR count). The van der Waals surface area contributed by atoms with Crippen LogP contribution in [0.25, 0.3) is 0 Å². The lowest BCUT2D eigenvalue weighted by Gasteiger charge is -2.26. The Balaban J connectivity index is 1.61. The lowest BCUT2D eigenvalue weighted by Crippen LogP contribution is -2.13. The lowest BCUT2D eigenvalue weighted by molar-refractivity contribution is 0.288. The van der Waals surface area contributed by atoms with Crippen molar-refractivity contribution in [3.05, 3.63) is 47.3 Å². The van der Waals surface area contributed by atoms with Gasteiger partial charge in [-0.05, 0) is 74.0 Å². The Kier molecular flexibility index (Phi) is 7.33. The van der Waals surface area contributed by atoms with Crippen LogP contribution >= 0.6 is 0 Å². The topological polar surface area (TPSA) is 23.8 Å². The summed E-state index contributed by atoms with van der Waals surface area (Å²) in [6.07, 6.45) is 12.1. The summed E-state index contributed by atoms with van der Waals surface area (Å²) in [6, 6.07) is 10.6. The summed E-state index contributed by atoms with van der Waals surface area (Å²) in [5.74, 6) is 0.470. The van der Waals surface area contributed by atoms with Gasteiger partial charge in [0.2, 0.25) is 0 Å². The smallest absolute Gasteiger partial charge is 0.195 e. The van der Waals surface area contributed by atoms with Gasteiger partial charge in [-0.2, -0.15) is 9.65 Å². The van der Waals surface area contributed by atoms with E-state index < -0.39 is 5.83 Å². The van der Waals surface area contributed by atoms with E-state index in [2.05, 4.69) is 31.2 Å². The maximum atomic E-state index is 13.0. The lowest BCUT2D eigenvalue weighted by atomic mass is 9.79. The quantitative estimate of drug-likeness (QED) is 0.438. The van der Waals surface area contributed by atoms with Crippen LogP contribution in [0.3, 0.4) is 0 Å². The van der Waals surface area contributed by atoms with Crippen LogP contribution in [0.15, 0.2) is 36.2 Å². The molecule has 0 N–H and O–H groups in total. The molecule has 0 unspecified atom stereocenters. The predicted octanol–water partition coefficient (Wildman–Crippen LogP) is 6.15. The maximum absolute atomic E-state index is 13.0. The van der Waals surface area contributed by atoms with Gasteiger partial charge in [-0.1, -0.05) is 44.0 Å². The van der Waals surface area contributed by atoms with E-state index in [1.54, 1.807) is 6.07 Å². The number of unbranched alkanes of at least 4 members (excludes halogenated alkanes) is 1. The van der Waals surface area contributed by atoms with Crippen molar-refractivity contribution < 1.29 is 4.39 Å². The first kappa shape index (κ1) is 17.7. The molecule has 0 saturated heterocycles. The molecule has 0 spiro atoms. The van der Waals surface area contributed by atoms with Crippen LogP contribution in [0.2, 0.25) is 0 Å². The van der Waals surface area contributed by atoms with Gasteiger partial charge in [0.1, 0.15) is 6.07 Å². The fraction of sp³-hybridized carbons (Fsp3) is 0.571. The summed E-state index contributed by atoms with van der Waals surface area (Å²) in [5.41, 5.74) is 2.86. The number of halogens is 1. The molecule has 2 heteroatoms. The standard InChI is InChI=1S/C21H28FN/c1-2-17-7-9-18(10-8-17)5-3-4-6-19-11-13-20(14-12-19)15-21(22)16-23/h7-10,15,19-20H,2-6,11-14H2,1H3/b21-15+/t19-,20-. The van der Waals surface area contributed by atoms with Crippen molar-refractivity contribution >= 4 is 0 Å². The van der Waals surface area contributed by atoms with Gasteiger partial charge in [-0.15, -0.1) is 0 Å². The molecule has 0 aliphatic heterocycles. The zero-order chi connectivity index (χ0) is 16.5. The third kappa shape index (κ3) is 6.18. The van der Waals surface area contributed by atoms with E-state index in [4.69, 9.17) is 5.26 Å². The Morgan fingerprint density at radius 1 is 1.13 bits per heavy atom. The van der Waals surface area contributed by atoms with E-state index in [0.717, 1.165) is 25.2 Å². The van der Waals surface area contributed by atoms with Crippen LogP contribution in [0, 0.1) is 23.2 Å². The molecular weight excluding hydrogens is 285 g/mol. The molecule has 1 aromatic rings. The Bertz CT molecular complexity index is 530. The molecule has 1 saturated carbocycles. The summed E-state index contributed by atoms with van der Waals surface area (Å²) < 4.78 is 13.0. The summed E-state index contributed by atoms with van der Waals surface area (Å²) >= 11 is 0. The van der Waals surface area contributed by atoms with Crippen LogP contribution in [-0.4, -0.2) is 0 Å². The Morgan fingerprint density at radius 3 is 2.39 bits per heavy atom. The molecule has 1 aliphatic rings. The molecule has 124 valence electrons. The number of hydrogen-bond acceptors (Lipinski definition) is 1. The van der Waals surface area contributed by atoms with Crippen LogP contribution < -0.4 is 0 Å². The van der Waals surface area contributed by atoms with Crippen LogP contribution in [0.5, 0.6) is 0 Å². The van der Waals surface area contributed by atoms with E-state index in [9.17, 15) is 4.39 Å². The Hall–Kier alpha value is -1.62. The zero-order valence-electron chi connectivity index (χ0n) is 14.2. The van der Waals surface area contributed by atoms with Gasteiger partial charge in [-0.3, -0.25) is 0 Å². The number of benzene rings is 1. The van der Waals surface area contributed by atoms with Crippen molar-refractivity contribution in [1.82, 2.24) is 0 Å². The van der Waals surface area contributed by atoms with Crippen molar-refractivity contribution in [2.45, 2.75) is 64.7 Å². The highest BCUT2D eigenvalue weighted by Crippen LogP contribution is 2.33. The molecule has 1 fully saturated rings. The molecule has 0 heterocycles. The molecule has 1 nitrogen and oxygen atoms in total. The summed E-state index contributed by atoms with van der Waals surface area (Å²) in [4.78, 5) is 0. The fourth-order valence-corrected chi connectivity index (χ4v) is 3.59. The van der Waals surface area contributed by atoms with Crippen LogP contribution in [0.1, 0.15) is 63.0 Å². The molecule has 1 aromatic carbocycles. The first-order valence-electron chi connectivity index (χ1n) is 9.06. The normalized spacial score (nSPS) is 21.9. The van der Waals surface area contributed by atoms with Crippen LogP contribution in [-0.2, 0) is 12.8 Å². The fourth-order valence-electron chi connectivity index (χ4n) is 3.59. The second-order valence-corrected chi connectivity index (χ2v) is 6.82. The second kappa shape index (κ2) is 9.50. The molecular formula is C21H28FN. The largest absolute Gasteiger partial charge is 0.196 e. The number of allylic oxidation sites excluding steroid dienone is 2. The zero-order valence-corrected chi connectivity index (χ0v) is 14.2. The van der Waals surface area contributed by atoms with E-state index in [-0.39, 0.29) is 5.92 Å². The third-order valence-corrected chi connectivity index (χ3v) is 5.14. The molecule has 1 aliphatic carbocycles. The highest BCUT2D eigenvalue weighted by molar-refractivity contribution is 5.22. The molecule has 0 amide bonds. The van der Waals surface area contributed by atoms with E-state index in [1.165, 1.54) is 55.7 Å². The molecule has 23 heavy (non-hydrogen) atoms. The average molecular weight is 313 g/mol. The van der Waals surface area contributed by atoms with Crippen molar-refractivity contribution in [1.29, 1.82) is 5.26 Å². The number of nitriles is 1. The van der Waals surface area contributed by atoms with Crippen molar-refractivity contribution in [3.8, 4) is 6.07 Å².